The first-order valence-corrected chi connectivity index (χ1v) is 21.5. The van der Waals surface area contributed by atoms with Crippen LogP contribution >= 0.6 is 0 Å². The Morgan fingerprint density at radius 3 is 2.22 bits per heavy atom. The van der Waals surface area contributed by atoms with Crippen molar-refractivity contribution in [3.8, 4) is 12.8 Å². The van der Waals surface area contributed by atoms with Crippen LogP contribution in [0.3, 0.4) is 0 Å². The van der Waals surface area contributed by atoms with Gasteiger partial charge in [-0.25, -0.2) is 0 Å². The van der Waals surface area contributed by atoms with Crippen molar-refractivity contribution in [1.82, 2.24) is 0 Å². The maximum absolute atomic E-state index is 4.00. The predicted molar refractivity (Wildman–Crippen MR) is 257 cm³/mol. The Bertz CT molecular complexity index is 2260. The number of aryl methyl sites for hydroxylation is 1. The molecule has 4 aromatic carbocycles. The number of hydrogen-bond donors (Lipinski definition) is 0. The molecule has 0 saturated carbocycles. The third-order valence-corrected chi connectivity index (χ3v) is 11.4. The van der Waals surface area contributed by atoms with Crippen LogP contribution in [0.5, 0.6) is 0 Å². The van der Waals surface area contributed by atoms with Gasteiger partial charge in [0.25, 0.3) is 0 Å². The van der Waals surface area contributed by atoms with E-state index in [-0.39, 0.29) is 17.3 Å². The number of benzene rings is 4. The number of hydrogen-bond acceptors (Lipinski definition) is 2. The molecule has 2 heteroatoms. The number of terminal acetylenes is 1. The number of para-hydroxylation sites is 1. The van der Waals surface area contributed by atoms with Crippen molar-refractivity contribution in [3.63, 3.8) is 0 Å². The van der Waals surface area contributed by atoms with Gasteiger partial charge < -0.3 is 9.80 Å². The van der Waals surface area contributed by atoms with Gasteiger partial charge in [0.2, 0.25) is 0 Å². The minimum Gasteiger partial charge on any atom is -0.314 e. The fourth-order valence-corrected chi connectivity index (χ4v) is 8.30. The van der Waals surface area contributed by atoms with Gasteiger partial charge in [-0.2, -0.15) is 0 Å². The molecule has 0 amide bonds. The first-order valence-electron chi connectivity index (χ1n) is 21.5. The zero-order valence-corrected chi connectivity index (χ0v) is 36.9. The first-order chi connectivity index (χ1) is 28.1. The van der Waals surface area contributed by atoms with Crippen molar-refractivity contribution < 1.29 is 0 Å². The van der Waals surface area contributed by atoms with E-state index in [1.807, 2.05) is 13.8 Å². The fourth-order valence-electron chi connectivity index (χ4n) is 8.30. The monoisotopic (exact) mass is 767 g/mol. The molecular formula is C56H66N2. The summed E-state index contributed by atoms with van der Waals surface area (Å²) in [4.78, 5) is 5.08. The van der Waals surface area contributed by atoms with E-state index in [4.69, 9.17) is 0 Å². The highest BCUT2D eigenvalue weighted by molar-refractivity contribution is 6.03. The van der Waals surface area contributed by atoms with Gasteiger partial charge in [-0.1, -0.05) is 146 Å². The number of fused-ring (bicyclic) bond motifs is 6. The lowest BCUT2D eigenvalue weighted by atomic mass is 9.82. The number of allylic oxidation sites excluding steroid dienone is 11. The van der Waals surface area contributed by atoms with Crippen molar-refractivity contribution in [3.05, 3.63) is 178 Å². The molecule has 4 aromatic rings. The number of nitrogens with zero attached hydrogens (tertiary/aromatic N) is 2. The second kappa shape index (κ2) is 19.8. The predicted octanol–water partition coefficient (Wildman–Crippen LogP) is 16.1. The summed E-state index contributed by atoms with van der Waals surface area (Å²) in [7, 11) is 0. The molecular weight excluding hydrogens is 701 g/mol. The van der Waals surface area contributed by atoms with Gasteiger partial charge in [-0.15, -0.1) is 12.8 Å². The van der Waals surface area contributed by atoms with Crippen LogP contribution in [0.1, 0.15) is 116 Å². The summed E-state index contributed by atoms with van der Waals surface area (Å²) in [6.07, 6.45) is 35.9. The van der Waals surface area contributed by atoms with Crippen LogP contribution in [0.25, 0.3) is 16.8 Å². The molecule has 2 nitrogen and oxygen atoms in total. The topological polar surface area (TPSA) is 6.48 Å². The summed E-state index contributed by atoms with van der Waals surface area (Å²) in [5, 5.41) is 2.61. The van der Waals surface area contributed by atoms with Crippen LogP contribution in [-0.2, 0) is 5.41 Å². The van der Waals surface area contributed by atoms with Crippen molar-refractivity contribution in [2.24, 2.45) is 11.8 Å². The smallest absolute Gasteiger partial charge is 0.0540 e. The summed E-state index contributed by atoms with van der Waals surface area (Å²) in [6.45, 7) is 22.3. The first kappa shape index (κ1) is 43.6. The van der Waals surface area contributed by atoms with Gasteiger partial charge in [0.1, 0.15) is 0 Å². The third kappa shape index (κ3) is 9.43. The Morgan fingerprint density at radius 2 is 1.60 bits per heavy atom. The average molecular weight is 767 g/mol. The van der Waals surface area contributed by atoms with E-state index in [9.17, 15) is 0 Å². The molecule has 58 heavy (non-hydrogen) atoms. The molecule has 0 aromatic heterocycles. The van der Waals surface area contributed by atoms with E-state index in [2.05, 4.69) is 218 Å². The zero-order valence-electron chi connectivity index (χ0n) is 36.9. The third-order valence-electron chi connectivity index (χ3n) is 11.4. The van der Waals surface area contributed by atoms with Gasteiger partial charge in [-0.3, -0.25) is 0 Å². The highest BCUT2D eigenvalue weighted by Crippen LogP contribution is 2.49. The Morgan fingerprint density at radius 1 is 0.897 bits per heavy atom. The lowest BCUT2D eigenvalue weighted by Crippen LogP contribution is -2.22. The van der Waals surface area contributed by atoms with Crippen molar-refractivity contribution in [2.75, 3.05) is 9.80 Å². The molecule has 0 spiro atoms. The summed E-state index contributed by atoms with van der Waals surface area (Å²) in [5.41, 5.74) is 14.3. The largest absolute Gasteiger partial charge is 0.314 e. The maximum Gasteiger partial charge on any atom is 0.0540 e. The standard InChI is InChI=1S/C52H58N2.C2H6.C2H2/c1-9-11-18-42(10-2)53(43-19-14-12-15-20-43)51-34-47-40-31-38(36(3)4)25-26-39(32-40)50(35-49(47)48-33-41(52(6,7)8)27-30-46(48)51)54(44-21-16-13-17-22-44)45-28-23-37(5)24-29-45;2*1-2/h10-14,16-19,21-31,33-36,39-40H,9,15,20,32H2,1-8H3;1-2H3;1-2H/b18-11-,42-10+;;. The van der Waals surface area contributed by atoms with Gasteiger partial charge in [0.15, 0.2) is 0 Å². The Kier molecular flexibility index (Phi) is 14.9. The van der Waals surface area contributed by atoms with Crippen LogP contribution in [0.2, 0.25) is 0 Å². The van der Waals surface area contributed by atoms with Crippen molar-refractivity contribution in [1.29, 1.82) is 0 Å². The maximum atomic E-state index is 4.00. The average Bonchev–Trinajstić information content (AvgIpc) is 3.56. The van der Waals surface area contributed by atoms with Crippen LogP contribution in [0.4, 0.5) is 17.1 Å². The van der Waals surface area contributed by atoms with Crippen LogP contribution in [0.15, 0.2) is 156 Å². The van der Waals surface area contributed by atoms with Gasteiger partial charge in [0, 0.05) is 45.7 Å². The van der Waals surface area contributed by atoms with E-state index in [1.165, 1.54) is 72.8 Å². The molecule has 0 aliphatic heterocycles. The molecule has 2 atom stereocenters. The quantitative estimate of drug-likeness (QED) is 0.124. The van der Waals surface area contributed by atoms with Gasteiger partial charge in [-0.05, 0) is 133 Å². The lowest BCUT2D eigenvalue weighted by molar-refractivity contribution is 0.591. The van der Waals surface area contributed by atoms with E-state index in [1.54, 1.807) is 0 Å². The van der Waals surface area contributed by atoms with Crippen LogP contribution in [0, 0.1) is 31.6 Å². The normalized spacial score (nSPS) is 17.5. The lowest BCUT2D eigenvalue weighted by Gasteiger charge is -2.33. The summed E-state index contributed by atoms with van der Waals surface area (Å²) < 4.78 is 0. The summed E-state index contributed by atoms with van der Waals surface area (Å²) >= 11 is 0. The minimum absolute atomic E-state index is 0.00186. The molecule has 0 N–H and O–H groups in total. The molecule has 7 rings (SSSR count). The zero-order chi connectivity index (χ0) is 42.0. The Hall–Kier alpha value is -5.52. The van der Waals surface area contributed by atoms with Crippen LogP contribution in [-0.4, -0.2) is 0 Å². The molecule has 0 heterocycles. The molecule has 0 saturated heterocycles. The van der Waals surface area contributed by atoms with E-state index < -0.39 is 0 Å². The van der Waals surface area contributed by atoms with Gasteiger partial charge in [0.05, 0.1) is 5.69 Å². The van der Waals surface area contributed by atoms with E-state index in [0.29, 0.717) is 5.92 Å². The highest BCUT2D eigenvalue weighted by atomic mass is 15.2. The second-order valence-corrected chi connectivity index (χ2v) is 16.6. The van der Waals surface area contributed by atoms with Crippen molar-refractivity contribution in [2.45, 2.75) is 106 Å². The molecule has 2 bridgehead atoms. The summed E-state index contributed by atoms with van der Waals surface area (Å²) in [6, 6.07) is 29.9. The number of rotatable bonds is 9. The Labute approximate surface area is 351 Å². The molecule has 300 valence electrons. The molecule has 0 fully saturated rings. The van der Waals surface area contributed by atoms with Gasteiger partial charge >= 0.3 is 0 Å². The molecule has 0 radical (unpaired) electrons. The Balaban J connectivity index is 0.00000155. The highest BCUT2D eigenvalue weighted by Gasteiger charge is 2.33. The van der Waals surface area contributed by atoms with Crippen LogP contribution < -0.4 is 9.80 Å². The summed E-state index contributed by atoms with van der Waals surface area (Å²) in [5.74, 6) is 0.879. The number of anilines is 3. The molecule has 2 unspecified atom stereocenters. The molecule has 3 aliphatic carbocycles. The minimum atomic E-state index is 0.00186. The van der Waals surface area contributed by atoms with E-state index >= 15 is 0 Å². The van der Waals surface area contributed by atoms with Crippen molar-refractivity contribution >= 4 is 33.9 Å². The fraction of sp³-hybridized carbons (Fsp3) is 0.321. The second-order valence-electron chi connectivity index (χ2n) is 16.6. The SMILES string of the molecule is C#C.C/C=C(\C=C/CC)N(C1=CC=CCC1)c1cc2c(c3cc(C(C)(C)C)ccc13)C=C(N(c1ccccc1)c1ccc(C)cc1)C1C=CC(C(C)C)=CC2C1.CC. The molecule has 3 aliphatic rings. The van der Waals surface area contributed by atoms with E-state index in [0.717, 1.165) is 25.7 Å².